The Labute approximate surface area is 235 Å². The molecule has 0 fully saturated rings. The first kappa shape index (κ1) is 25.6. The fourth-order valence-electron chi connectivity index (χ4n) is 6.57. The van der Waals surface area contributed by atoms with Crippen molar-refractivity contribution in [1.82, 2.24) is 0 Å². The second kappa shape index (κ2) is 10.1. The molecule has 1 unspecified atom stereocenters. The quantitative estimate of drug-likeness (QED) is 0.175. The van der Waals surface area contributed by atoms with Crippen LogP contribution in [0.15, 0.2) is 84.4 Å². The Morgan fingerprint density at radius 2 is 1.54 bits per heavy atom. The van der Waals surface area contributed by atoms with Crippen LogP contribution in [0.2, 0.25) is 0 Å². The van der Waals surface area contributed by atoms with E-state index in [1.807, 2.05) is 0 Å². The van der Waals surface area contributed by atoms with Crippen LogP contribution in [0.3, 0.4) is 0 Å². The molecule has 1 aliphatic heterocycles. The van der Waals surface area contributed by atoms with Gasteiger partial charge in [0, 0.05) is 0 Å². The molecule has 1 aliphatic carbocycles. The van der Waals surface area contributed by atoms with Gasteiger partial charge in [-0.3, -0.25) is 0 Å². The third-order valence-corrected chi connectivity index (χ3v) is 22.6. The van der Waals surface area contributed by atoms with Crippen LogP contribution in [0.25, 0.3) is 28.3 Å². The third kappa shape index (κ3) is 4.20. The van der Waals surface area contributed by atoms with Gasteiger partial charge in [0.2, 0.25) is 0 Å². The van der Waals surface area contributed by atoms with Gasteiger partial charge in [-0.15, -0.1) is 0 Å². The summed E-state index contributed by atoms with van der Waals surface area (Å²) in [6.07, 6.45) is 5.62. The third-order valence-electron chi connectivity index (χ3n) is 8.29. The van der Waals surface area contributed by atoms with Gasteiger partial charge in [-0.2, -0.15) is 0 Å². The number of fused-ring (bicyclic) bond motifs is 4. The summed E-state index contributed by atoms with van der Waals surface area (Å²) in [6, 6.07) is 29.1. The molecule has 2 aliphatic rings. The Morgan fingerprint density at radius 3 is 2.30 bits per heavy atom. The fraction of sp³-hybridized carbons (Fsp3) is 0.212. The topological polar surface area (TPSA) is 0 Å². The molecular formula is C33H32Cl2SiZr. The zero-order chi connectivity index (χ0) is 25.7. The van der Waals surface area contributed by atoms with Gasteiger partial charge in [-0.05, 0) is 0 Å². The van der Waals surface area contributed by atoms with Crippen LogP contribution in [-0.4, -0.2) is 9.52 Å². The molecule has 4 heteroatoms. The molecule has 186 valence electrons. The van der Waals surface area contributed by atoms with Crippen LogP contribution >= 0.6 is 17.0 Å². The molecule has 0 nitrogen and oxygen atoms in total. The number of halogens is 2. The van der Waals surface area contributed by atoms with E-state index in [1.165, 1.54) is 63.7 Å². The monoisotopic (exact) mass is 616 g/mol. The van der Waals surface area contributed by atoms with Gasteiger partial charge in [-0.25, -0.2) is 0 Å². The molecule has 0 saturated heterocycles. The SMILES string of the molecule is CCCc1ccc2c(c1-c1ccccc1C)C=C(CC)[CH]2[Zr]([Cl])([Cl])[c]1cccc2c1[SiH2]c1ccccc1-2. The van der Waals surface area contributed by atoms with E-state index in [0.29, 0.717) is 0 Å². The number of hydrogen-bond donors (Lipinski definition) is 0. The Bertz CT molecular complexity index is 1550. The van der Waals surface area contributed by atoms with Crippen molar-refractivity contribution < 1.29 is 17.9 Å². The normalized spacial score (nSPS) is 16.5. The van der Waals surface area contributed by atoms with Crippen molar-refractivity contribution in [3.05, 3.63) is 107 Å². The second-order valence-corrected chi connectivity index (χ2v) is 26.3. The fourth-order valence-corrected chi connectivity index (χ4v) is 23.6. The number of rotatable bonds is 6. The molecule has 6 rings (SSSR count). The predicted octanol–water partition coefficient (Wildman–Crippen LogP) is 7.35. The number of allylic oxidation sites excluding steroid dienone is 1. The van der Waals surface area contributed by atoms with E-state index in [4.69, 9.17) is 17.0 Å². The molecule has 0 saturated carbocycles. The van der Waals surface area contributed by atoms with Crippen LogP contribution in [0.4, 0.5) is 0 Å². The van der Waals surface area contributed by atoms with Gasteiger partial charge in [0.05, 0.1) is 0 Å². The van der Waals surface area contributed by atoms with Gasteiger partial charge >= 0.3 is 237 Å². The van der Waals surface area contributed by atoms with E-state index in [9.17, 15) is 0 Å². The number of benzene rings is 4. The molecule has 4 aromatic rings. The Kier molecular flexibility index (Phi) is 7.00. The first-order valence-corrected chi connectivity index (χ1v) is 23.9. The van der Waals surface area contributed by atoms with Gasteiger partial charge in [0.25, 0.3) is 0 Å². The summed E-state index contributed by atoms with van der Waals surface area (Å²) < 4.78 is 1.45. The van der Waals surface area contributed by atoms with Crippen molar-refractivity contribution in [3.8, 4) is 22.3 Å². The number of hydrogen-bond acceptors (Lipinski definition) is 0. The van der Waals surface area contributed by atoms with E-state index in [1.54, 1.807) is 0 Å². The van der Waals surface area contributed by atoms with Gasteiger partial charge < -0.3 is 0 Å². The number of aryl methyl sites for hydroxylation is 2. The maximum absolute atomic E-state index is 7.78. The summed E-state index contributed by atoms with van der Waals surface area (Å²) >= 11 is -3.91. The van der Waals surface area contributed by atoms with Crippen molar-refractivity contribution in [3.63, 3.8) is 0 Å². The summed E-state index contributed by atoms with van der Waals surface area (Å²) in [5.74, 6) is 0. The summed E-state index contributed by atoms with van der Waals surface area (Å²) in [4.78, 5) is 0. The molecule has 0 bridgehead atoms. The Morgan fingerprint density at radius 1 is 0.811 bits per heavy atom. The van der Waals surface area contributed by atoms with E-state index < -0.39 is 27.4 Å². The van der Waals surface area contributed by atoms with Gasteiger partial charge in [-0.1, -0.05) is 0 Å². The van der Waals surface area contributed by atoms with Crippen molar-refractivity contribution in [2.45, 2.75) is 43.7 Å². The van der Waals surface area contributed by atoms with E-state index in [0.717, 1.165) is 19.3 Å². The van der Waals surface area contributed by atoms with Crippen molar-refractivity contribution in [2.75, 3.05) is 0 Å². The molecule has 1 heterocycles. The summed E-state index contributed by atoms with van der Waals surface area (Å²) in [5, 5.41) is 3.01. The van der Waals surface area contributed by atoms with Crippen molar-refractivity contribution in [2.24, 2.45) is 0 Å². The predicted molar refractivity (Wildman–Crippen MR) is 163 cm³/mol. The second-order valence-electron chi connectivity index (χ2n) is 10.5. The molecule has 1 atom stereocenters. The summed E-state index contributed by atoms with van der Waals surface area (Å²) in [7, 11) is 15.0. The molecule has 0 aromatic heterocycles. The summed E-state index contributed by atoms with van der Waals surface area (Å²) in [5.41, 5.74) is 12.4. The van der Waals surface area contributed by atoms with E-state index in [2.05, 4.69) is 106 Å². The van der Waals surface area contributed by atoms with E-state index in [-0.39, 0.29) is 3.63 Å². The van der Waals surface area contributed by atoms with Crippen LogP contribution in [0.5, 0.6) is 0 Å². The Hall–Kier alpha value is -1.70. The first-order chi connectivity index (χ1) is 18.0. The van der Waals surface area contributed by atoms with Gasteiger partial charge in [0.15, 0.2) is 0 Å². The molecular weight excluding hydrogens is 587 g/mol. The molecule has 0 radical (unpaired) electrons. The van der Waals surface area contributed by atoms with E-state index >= 15 is 0 Å². The van der Waals surface area contributed by atoms with Gasteiger partial charge in [0.1, 0.15) is 0 Å². The molecule has 0 N–H and O–H groups in total. The average molecular weight is 619 g/mol. The molecule has 4 aromatic carbocycles. The zero-order valence-corrected chi connectivity index (χ0v) is 27.1. The maximum atomic E-state index is 7.78. The zero-order valence-electron chi connectivity index (χ0n) is 21.7. The summed E-state index contributed by atoms with van der Waals surface area (Å²) in [6.45, 7) is 6.76. The van der Waals surface area contributed by atoms with Crippen molar-refractivity contribution in [1.29, 1.82) is 0 Å². The minimum atomic E-state index is -3.91. The Balaban J connectivity index is 1.54. The molecule has 0 spiro atoms. The molecule has 37 heavy (non-hydrogen) atoms. The molecule has 0 amide bonds. The minimum absolute atomic E-state index is 0.139. The van der Waals surface area contributed by atoms with Crippen LogP contribution in [0.1, 0.15) is 52.6 Å². The van der Waals surface area contributed by atoms with Crippen LogP contribution in [-0.2, 0) is 24.3 Å². The standard InChI is InChI=1S/C21H23.C12H9Si.2ClH.Zr/c1-4-8-17-11-12-18-13-16(5-2)14-20(18)21(17)19-10-7-6-9-15(19)3;1-3-7-11-9(5-1)10-6-2-4-8-12(10)13-11;;;/h6-7,9-14H,4-5,8H2,1-3H3;1-7H,13H2;2*1H;/q;;;;+2/p-2. The van der Waals surface area contributed by atoms with Crippen LogP contribution < -0.4 is 13.6 Å². The first-order valence-electron chi connectivity index (χ1n) is 13.5. The average Bonchev–Trinajstić information content (AvgIpc) is 3.48. The van der Waals surface area contributed by atoms with Crippen LogP contribution in [0, 0.1) is 6.92 Å². The van der Waals surface area contributed by atoms with Crippen molar-refractivity contribution >= 4 is 46.3 Å².